The summed E-state index contributed by atoms with van der Waals surface area (Å²) >= 11 is 1.52. The molecule has 0 aliphatic rings. The number of pyridine rings is 1. The molecule has 2 heterocycles. The Balaban J connectivity index is 2.60. The number of carboxylic acid groups (broad SMARTS) is 1. The Hall–Kier alpha value is -2.14. The molecular formula is C12H7NO3S. The number of fused-ring (bicyclic) bond motifs is 3. The van der Waals surface area contributed by atoms with Crippen LogP contribution in [0.5, 0.6) is 0 Å². The van der Waals surface area contributed by atoms with Crippen LogP contribution in [0.1, 0.15) is 10.4 Å². The topological polar surface area (TPSA) is 70.2 Å². The van der Waals surface area contributed by atoms with Gasteiger partial charge in [0.25, 0.3) is 0 Å². The number of aromatic amines is 1. The maximum absolute atomic E-state index is 12.1. The van der Waals surface area contributed by atoms with E-state index in [1.807, 2.05) is 17.5 Å². The third kappa shape index (κ3) is 1.36. The van der Waals surface area contributed by atoms with E-state index in [1.165, 1.54) is 17.5 Å². The Morgan fingerprint density at radius 3 is 2.88 bits per heavy atom. The van der Waals surface area contributed by atoms with Crippen LogP contribution in [0.15, 0.2) is 34.6 Å². The molecule has 0 saturated carbocycles. The van der Waals surface area contributed by atoms with Crippen LogP contribution in [0.25, 0.3) is 21.0 Å². The minimum atomic E-state index is -1.21. The molecule has 0 bridgehead atoms. The van der Waals surface area contributed by atoms with E-state index in [1.54, 1.807) is 6.07 Å². The molecule has 0 spiro atoms. The van der Waals surface area contributed by atoms with E-state index in [0.29, 0.717) is 10.9 Å². The number of carbonyl (C=O) groups is 1. The van der Waals surface area contributed by atoms with Gasteiger partial charge >= 0.3 is 5.97 Å². The number of thiophene rings is 1. The van der Waals surface area contributed by atoms with Crippen molar-refractivity contribution in [2.75, 3.05) is 0 Å². The molecule has 3 rings (SSSR count). The van der Waals surface area contributed by atoms with Gasteiger partial charge in [-0.25, -0.2) is 4.79 Å². The summed E-state index contributed by atoms with van der Waals surface area (Å²) in [7, 11) is 0. The minimum absolute atomic E-state index is 0.226. The van der Waals surface area contributed by atoms with Crippen LogP contribution in [0.4, 0.5) is 0 Å². The highest BCUT2D eigenvalue weighted by molar-refractivity contribution is 7.17. The average Bonchev–Trinajstić information content (AvgIpc) is 2.76. The van der Waals surface area contributed by atoms with Crippen LogP contribution >= 0.6 is 11.3 Å². The van der Waals surface area contributed by atoms with Crippen molar-refractivity contribution in [2.24, 2.45) is 0 Å². The van der Waals surface area contributed by atoms with Gasteiger partial charge in [-0.3, -0.25) is 4.79 Å². The first kappa shape index (κ1) is 10.0. The Labute approximate surface area is 99.1 Å². The molecule has 4 nitrogen and oxygen atoms in total. The zero-order valence-electron chi connectivity index (χ0n) is 8.56. The maximum atomic E-state index is 12.1. The van der Waals surface area contributed by atoms with E-state index < -0.39 is 11.4 Å². The Bertz CT molecular complexity index is 800. The molecule has 0 aliphatic carbocycles. The van der Waals surface area contributed by atoms with Crippen LogP contribution in [0.2, 0.25) is 0 Å². The van der Waals surface area contributed by atoms with E-state index in [-0.39, 0.29) is 5.56 Å². The number of aromatic nitrogens is 1. The largest absolute Gasteiger partial charge is 0.477 e. The molecule has 0 radical (unpaired) electrons. The summed E-state index contributed by atoms with van der Waals surface area (Å²) < 4.78 is 0.977. The summed E-state index contributed by atoms with van der Waals surface area (Å²) in [5.41, 5.74) is -0.00245. The molecule has 84 valence electrons. The first-order valence-electron chi connectivity index (χ1n) is 4.93. The molecule has 0 atom stereocenters. The summed E-state index contributed by atoms with van der Waals surface area (Å²) in [5, 5.41) is 12.1. The van der Waals surface area contributed by atoms with Gasteiger partial charge in [0.2, 0.25) is 5.43 Å². The lowest BCUT2D eigenvalue weighted by Gasteiger charge is -2.01. The number of H-pyrrole nitrogens is 1. The van der Waals surface area contributed by atoms with Crippen LogP contribution in [-0.2, 0) is 0 Å². The van der Waals surface area contributed by atoms with E-state index >= 15 is 0 Å². The Morgan fingerprint density at radius 1 is 1.29 bits per heavy atom. The highest BCUT2D eigenvalue weighted by Gasteiger charge is 2.13. The van der Waals surface area contributed by atoms with Crippen molar-refractivity contribution in [2.45, 2.75) is 0 Å². The number of rotatable bonds is 1. The Kier molecular flexibility index (Phi) is 2.02. The van der Waals surface area contributed by atoms with Gasteiger partial charge in [0.05, 0.1) is 10.9 Å². The van der Waals surface area contributed by atoms with E-state index in [9.17, 15) is 9.59 Å². The second-order valence-corrected chi connectivity index (χ2v) is 4.60. The lowest BCUT2D eigenvalue weighted by atomic mass is 10.1. The molecule has 17 heavy (non-hydrogen) atoms. The Morgan fingerprint density at radius 2 is 2.12 bits per heavy atom. The van der Waals surface area contributed by atoms with Gasteiger partial charge in [-0.2, -0.15) is 0 Å². The van der Waals surface area contributed by atoms with E-state index in [0.717, 1.165) is 10.1 Å². The first-order chi connectivity index (χ1) is 8.18. The summed E-state index contributed by atoms with van der Waals surface area (Å²) in [6.07, 6.45) is 1.24. The predicted octanol–water partition coefficient (Wildman–Crippen LogP) is 2.44. The van der Waals surface area contributed by atoms with Gasteiger partial charge in [0.15, 0.2) is 0 Å². The molecular weight excluding hydrogens is 238 g/mol. The fourth-order valence-electron chi connectivity index (χ4n) is 1.92. The fourth-order valence-corrected chi connectivity index (χ4v) is 2.71. The maximum Gasteiger partial charge on any atom is 0.341 e. The quantitative estimate of drug-likeness (QED) is 0.691. The fraction of sp³-hybridized carbons (Fsp3) is 0. The second kappa shape index (κ2) is 3.43. The third-order valence-corrected chi connectivity index (χ3v) is 3.59. The predicted molar refractivity (Wildman–Crippen MR) is 66.9 cm³/mol. The van der Waals surface area contributed by atoms with Gasteiger partial charge < -0.3 is 10.1 Å². The van der Waals surface area contributed by atoms with Crippen molar-refractivity contribution in [1.82, 2.24) is 4.98 Å². The van der Waals surface area contributed by atoms with Crippen LogP contribution in [0, 0.1) is 0 Å². The number of benzene rings is 1. The molecule has 0 fully saturated rings. The van der Waals surface area contributed by atoms with Crippen molar-refractivity contribution >= 4 is 38.3 Å². The molecule has 2 aromatic heterocycles. The monoisotopic (exact) mass is 245 g/mol. The standard InChI is InChI=1S/C12H7NO3S/c14-11-7(12(15)16)5-13-8-1-2-9-6(10(8)11)3-4-17-9/h1-5H,(H,13,14)(H,15,16). The van der Waals surface area contributed by atoms with Gasteiger partial charge in [-0.15, -0.1) is 11.3 Å². The lowest BCUT2D eigenvalue weighted by Crippen LogP contribution is -2.15. The van der Waals surface area contributed by atoms with Gasteiger partial charge in [-0.1, -0.05) is 0 Å². The van der Waals surface area contributed by atoms with Crippen LogP contribution < -0.4 is 5.43 Å². The highest BCUT2D eigenvalue weighted by atomic mass is 32.1. The van der Waals surface area contributed by atoms with Crippen molar-refractivity contribution in [3.8, 4) is 0 Å². The van der Waals surface area contributed by atoms with Crippen molar-refractivity contribution in [1.29, 1.82) is 0 Å². The number of carboxylic acids is 1. The molecule has 0 saturated heterocycles. The van der Waals surface area contributed by atoms with Gasteiger partial charge in [-0.05, 0) is 23.6 Å². The molecule has 5 heteroatoms. The molecule has 2 N–H and O–H groups in total. The van der Waals surface area contributed by atoms with Gasteiger partial charge in [0, 0.05) is 16.3 Å². The smallest absolute Gasteiger partial charge is 0.341 e. The zero-order valence-corrected chi connectivity index (χ0v) is 9.38. The molecule has 1 aromatic carbocycles. The summed E-state index contributed by atoms with van der Waals surface area (Å²) in [4.78, 5) is 25.9. The lowest BCUT2D eigenvalue weighted by molar-refractivity contribution is 0.0695. The van der Waals surface area contributed by atoms with Crippen molar-refractivity contribution < 1.29 is 9.90 Å². The van der Waals surface area contributed by atoms with Crippen molar-refractivity contribution in [3.63, 3.8) is 0 Å². The average molecular weight is 245 g/mol. The van der Waals surface area contributed by atoms with E-state index in [2.05, 4.69) is 4.98 Å². The normalized spacial score (nSPS) is 11.1. The number of hydrogen-bond acceptors (Lipinski definition) is 3. The molecule has 0 aliphatic heterocycles. The second-order valence-electron chi connectivity index (χ2n) is 3.66. The zero-order chi connectivity index (χ0) is 12.0. The number of aromatic carboxylic acids is 1. The molecule has 3 aromatic rings. The SMILES string of the molecule is O=C(O)c1c[nH]c2ccc3sccc3c2c1=O. The van der Waals surface area contributed by atoms with Crippen LogP contribution in [-0.4, -0.2) is 16.1 Å². The van der Waals surface area contributed by atoms with Crippen molar-refractivity contribution in [3.05, 3.63) is 45.6 Å². The number of hydrogen-bond donors (Lipinski definition) is 2. The molecule has 0 unspecified atom stereocenters. The first-order valence-corrected chi connectivity index (χ1v) is 5.81. The summed E-state index contributed by atoms with van der Waals surface area (Å²) in [6, 6.07) is 5.54. The third-order valence-electron chi connectivity index (χ3n) is 2.71. The van der Waals surface area contributed by atoms with Crippen LogP contribution in [0.3, 0.4) is 0 Å². The minimum Gasteiger partial charge on any atom is -0.477 e. The summed E-state index contributed by atoms with van der Waals surface area (Å²) in [5.74, 6) is -1.21. The number of nitrogens with one attached hydrogen (secondary N) is 1. The summed E-state index contributed by atoms with van der Waals surface area (Å²) in [6.45, 7) is 0. The van der Waals surface area contributed by atoms with E-state index in [4.69, 9.17) is 5.11 Å². The highest BCUT2D eigenvalue weighted by Crippen LogP contribution is 2.26. The molecule has 0 amide bonds. The van der Waals surface area contributed by atoms with Gasteiger partial charge in [0.1, 0.15) is 5.56 Å².